The Morgan fingerprint density at radius 3 is 2.26 bits per heavy atom. The van der Waals surface area contributed by atoms with Gasteiger partial charge in [0.1, 0.15) is 6.61 Å². The first kappa shape index (κ1) is 16.8. The number of nitrogens with one attached hydrogen (secondary N) is 2. The highest BCUT2D eigenvalue weighted by Gasteiger charge is 2.05. The minimum Gasteiger partial charge on any atom is -0.445 e. The molecule has 0 aromatic heterocycles. The maximum Gasteiger partial charge on any atom is 0.407 e. The van der Waals surface area contributed by atoms with Crippen molar-refractivity contribution < 1.29 is 14.3 Å². The van der Waals surface area contributed by atoms with Crippen LogP contribution in [0.25, 0.3) is 0 Å². The first-order valence-electron chi connectivity index (χ1n) is 7.13. The van der Waals surface area contributed by atoms with Gasteiger partial charge in [-0.1, -0.05) is 41.9 Å². The Kier molecular flexibility index (Phi) is 6.44. The summed E-state index contributed by atoms with van der Waals surface area (Å²) >= 11 is 5.76. The molecule has 0 radical (unpaired) electrons. The molecule has 0 saturated heterocycles. The maximum atomic E-state index is 11.8. The largest absolute Gasteiger partial charge is 0.445 e. The highest BCUT2D eigenvalue weighted by Crippen LogP contribution is 2.09. The minimum absolute atomic E-state index is 0.212. The lowest BCUT2D eigenvalue weighted by molar-refractivity contribution is 0.0951. The molecule has 0 aliphatic carbocycles. The fraction of sp³-hybridized carbons (Fsp3) is 0.176. The average molecular weight is 333 g/mol. The van der Waals surface area contributed by atoms with Crippen LogP contribution < -0.4 is 10.6 Å². The topological polar surface area (TPSA) is 67.4 Å². The van der Waals surface area contributed by atoms with E-state index >= 15 is 0 Å². The highest BCUT2D eigenvalue weighted by atomic mass is 35.5. The fourth-order valence-electron chi connectivity index (χ4n) is 1.82. The molecule has 0 fully saturated rings. The Morgan fingerprint density at radius 1 is 0.913 bits per heavy atom. The first-order chi connectivity index (χ1) is 11.1. The van der Waals surface area contributed by atoms with Crippen molar-refractivity contribution in [1.82, 2.24) is 10.6 Å². The Labute approximate surface area is 139 Å². The van der Waals surface area contributed by atoms with Crippen LogP contribution in [0.4, 0.5) is 4.79 Å². The van der Waals surface area contributed by atoms with Crippen LogP contribution in [0.5, 0.6) is 0 Å². The molecule has 23 heavy (non-hydrogen) atoms. The van der Waals surface area contributed by atoms with Crippen LogP contribution in [0.1, 0.15) is 15.9 Å². The SMILES string of the molecule is O=C(NCCNC(=O)c1ccc(Cl)cc1)OCc1ccccc1. The minimum atomic E-state index is -0.519. The van der Waals surface area contributed by atoms with Crippen LogP contribution in [0.15, 0.2) is 54.6 Å². The summed E-state index contributed by atoms with van der Waals surface area (Å²) in [6, 6.07) is 16.0. The van der Waals surface area contributed by atoms with E-state index in [-0.39, 0.29) is 19.1 Å². The summed E-state index contributed by atoms with van der Waals surface area (Å²) in [4.78, 5) is 23.3. The summed E-state index contributed by atoms with van der Waals surface area (Å²) in [5, 5.41) is 5.84. The van der Waals surface area contributed by atoms with E-state index in [9.17, 15) is 9.59 Å². The molecule has 0 aliphatic heterocycles. The average Bonchev–Trinajstić information content (AvgIpc) is 2.58. The van der Waals surface area contributed by atoms with Crippen molar-refractivity contribution >= 4 is 23.6 Å². The van der Waals surface area contributed by atoms with Crippen LogP contribution in [-0.2, 0) is 11.3 Å². The fourth-order valence-corrected chi connectivity index (χ4v) is 1.94. The second-order valence-electron chi connectivity index (χ2n) is 4.75. The van der Waals surface area contributed by atoms with Crippen molar-refractivity contribution in [3.63, 3.8) is 0 Å². The molecule has 2 rings (SSSR count). The Morgan fingerprint density at radius 2 is 1.57 bits per heavy atom. The smallest absolute Gasteiger partial charge is 0.407 e. The lowest BCUT2D eigenvalue weighted by atomic mass is 10.2. The molecule has 0 aliphatic rings. The third kappa shape index (κ3) is 6.00. The van der Waals surface area contributed by atoms with Gasteiger partial charge in [0.25, 0.3) is 5.91 Å². The summed E-state index contributed by atoms with van der Waals surface area (Å²) in [6.45, 7) is 0.804. The molecule has 0 atom stereocenters. The third-order valence-corrected chi connectivity index (χ3v) is 3.25. The number of hydrogen-bond acceptors (Lipinski definition) is 3. The van der Waals surface area contributed by atoms with Crippen molar-refractivity contribution in [2.24, 2.45) is 0 Å². The van der Waals surface area contributed by atoms with Crippen LogP contribution in [0, 0.1) is 0 Å². The number of alkyl carbamates (subject to hydrolysis) is 1. The number of carbonyl (C=O) groups excluding carboxylic acids is 2. The highest BCUT2D eigenvalue weighted by molar-refractivity contribution is 6.30. The zero-order valence-electron chi connectivity index (χ0n) is 12.4. The maximum absolute atomic E-state index is 11.8. The van der Waals surface area contributed by atoms with Gasteiger partial charge in [-0.2, -0.15) is 0 Å². The van der Waals surface area contributed by atoms with Gasteiger partial charge in [-0.15, -0.1) is 0 Å². The molecular formula is C17H17ClN2O3. The Balaban J connectivity index is 1.62. The quantitative estimate of drug-likeness (QED) is 0.799. The molecule has 5 nitrogen and oxygen atoms in total. The summed E-state index contributed by atoms with van der Waals surface area (Å²) in [6.07, 6.45) is -0.519. The lowest BCUT2D eigenvalue weighted by Crippen LogP contribution is -2.34. The van der Waals surface area contributed by atoms with E-state index < -0.39 is 6.09 Å². The van der Waals surface area contributed by atoms with Crippen molar-refractivity contribution in [1.29, 1.82) is 0 Å². The molecule has 0 spiro atoms. The Hall–Kier alpha value is -2.53. The number of rotatable bonds is 6. The third-order valence-electron chi connectivity index (χ3n) is 3.00. The van der Waals surface area contributed by atoms with Crippen molar-refractivity contribution in [2.45, 2.75) is 6.61 Å². The van der Waals surface area contributed by atoms with Gasteiger partial charge in [0.15, 0.2) is 0 Å². The molecule has 0 unspecified atom stereocenters. The van der Waals surface area contributed by atoms with Crippen molar-refractivity contribution in [2.75, 3.05) is 13.1 Å². The molecule has 0 heterocycles. The van der Waals surface area contributed by atoms with E-state index in [0.717, 1.165) is 5.56 Å². The van der Waals surface area contributed by atoms with Gasteiger partial charge < -0.3 is 15.4 Å². The standard InChI is InChI=1S/C17H17ClN2O3/c18-15-8-6-14(7-9-15)16(21)19-10-11-20-17(22)23-12-13-4-2-1-3-5-13/h1-9H,10-12H2,(H,19,21)(H,20,22). The van der Waals surface area contributed by atoms with Gasteiger partial charge in [-0.25, -0.2) is 4.79 Å². The summed E-state index contributed by atoms with van der Waals surface area (Å²) in [7, 11) is 0. The van der Waals surface area contributed by atoms with E-state index in [1.807, 2.05) is 30.3 Å². The summed E-state index contributed by atoms with van der Waals surface area (Å²) < 4.78 is 5.06. The molecule has 0 saturated carbocycles. The lowest BCUT2D eigenvalue weighted by Gasteiger charge is -2.08. The molecular weight excluding hydrogens is 316 g/mol. The summed E-state index contributed by atoms with van der Waals surface area (Å²) in [5.74, 6) is -0.221. The molecule has 2 N–H and O–H groups in total. The van der Waals surface area contributed by atoms with Crippen LogP contribution >= 0.6 is 11.6 Å². The van der Waals surface area contributed by atoms with E-state index in [0.29, 0.717) is 17.1 Å². The molecule has 2 aromatic carbocycles. The molecule has 120 valence electrons. The number of hydrogen-bond donors (Lipinski definition) is 2. The number of ether oxygens (including phenoxy) is 1. The zero-order chi connectivity index (χ0) is 16.5. The predicted octanol–water partition coefficient (Wildman–Crippen LogP) is 3.00. The van der Waals surface area contributed by atoms with Gasteiger partial charge >= 0.3 is 6.09 Å². The van der Waals surface area contributed by atoms with E-state index in [2.05, 4.69) is 10.6 Å². The molecule has 6 heteroatoms. The van der Waals surface area contributed by atoms with Gasteiger partial charge in [0.2, 0.25) is 0 Å². The number of halogens is 1. The second kappa shape index (κ2) is 8.80. The Bertz CT molecular complexity index is 645. The normalized spacial score (nSPS) is 9.96. The predicted molar refractivity (Wildman–Crippen MR) is 88.4 cm³/mol. The van der Waals surface area contributed by atoms with Gasteiger partial charge in [0, 0.05) is 23.7 Å². The van der Waals surface area contributed by atoms with E-state index in [1.54, 1.807) is 24.3 Å². The van der Waals surface area contributed by atoms with Crippen molar-refractivity contribution in [3.8, 4) is 0 Å². The van der Waals surface area contributed by atoms with Gasteiger partial charge in [0.05, 0.1) is 0 Å². The van der Waals surface area contributed by atoms with Gasteiger partial charge in [-0.3, -0.25) is 4.79 Å². The van der Waals surface area contributed by atoms with Crippen LogP contribution in [0.3, 0.4) is 0 Å². The second-order valence-corrected chi connectivity index (χ2v) is 5.19. The van der Waals surface area contributed by atoms with Crippen LogP contribution in [0.2, 0.25) is 5.02 Å². The molecule has 0 bridgehead atoms. The van der Waals surface area contributed by atoms with E-state index in [4.69, 9.17) is 16.3 Å². The zero-order valence-corrected chi connectivity index (χ0v) is 13.2. The first-order valence-corrected chi connectivity index (χ1v) is 7.51. The monoisotopic (exact) mass is 332 g/mol. The molecule has 2 amide bonds. The number of carbonyl (C=O) groups is 2. The number of benzene rings is 2. The van der Waals surface area contributed by atoms with Gasteiger partial charge in [-0.05, 0) is 29.8 Å². The van der Waals surface area contributed by atoms with Crippen molar-refractivity contribution in [3.05, 3.63) is 70.7 Å². The molecule has 2 aromatic rings. The number of amides is 2. The van der Waals surface area contributed by atoms with E-state index in [1.165, 1.54) is 0 Å². The van der Waals surface area contributed by atoms with Crippen LogP contribution in [-0.4, -0.2) is 25.1 Å². The summed E-state index contributed by atoms with van der Waals surface area (Å²) in [5.41, 5.74) is 1.43.